The molecule has 15 heavy (non-hydrogen) atoms. The van der Waals surface area contributed by atoms with Crippen LogP contribution in [0, 0.1) is 28.6 Å². The fraction of sp³-hybridized carbons (Fsp3) is 1.00. The lowest BCUT2D eigenvalue weighted by Gasteiger charge is -2.17. The summed E-state index contributed by atoms with van der Waals surface area (Å²) in [4.78, 5) is 0. The summed E-state index contributed by atoms with van der Waals surface area (Å²) in [5, 5.41) is 0. The van der Waals surface area contributed by atoms with E-state index in [1.807, 2.05) is 0 Å². The van der Waals surface area contributed by atoms with E-state index >= 15 is 0 Å². The first-order valence-corrected chi connectivity index (χ1v) is 6.92. The minimum atomic E-state index is 0.540. The van der Waals surface area contributed by atoms with E-state index in [9.17, 15) is 0 Å². The van der Waals surface area contributed by atoms with Crippen LogP contribution >= 0.6 is 0 Å². The molecule has 2 saturated carbocycles. The van der Waals surface area contributed by atoms with Gasteiger partial charge in [-0.2, -0.15) is 0 Å². The van der Waals surface area contributed by atoms with Crippen molar-refractivity contribution in [1.29, 1.82) is 0 Å². The van der Waals surface area contributed by atoms with Crippen molar-refractivity contribution in [2.45, 2.75) is 66.7 Å². The Bertz CT molecular complexity index is 235. The first kappa shape index (κ1) is 11.5. The van der Waals surface area contributed by atoms with Crippen LogP contribution in [0.1, 0.15) is 66.7 Å². The van der Waals surface area contributed by atoms with Crippen LogP contribution in [0.5, 0.6) is 0 Å². The highest BCUT2D eigenvalue weighted by molar-refractivity contribution is 5.22. The van der Waals surface area contributed by atoms with Crippen molar-refractivity contribution in [3.05, 3.63) is 0 Å². The molecule has 4 unspecified atom stereocenters. The van der Waals surface area contributed by atoms with Gasteiger partial charge in [-0.1, -0.05) is 47.5 Å². The third kappa shape index (κ3) is 1.97. The first-order valence-electron chi connectivity index (χ1n) is 6.92. The van der Waals surface area contributed by atoms with Crippen LogP contribution in [-0.2, 0) is 0 Å². The molecule has 88 valence electrons. The van der Waals surface area contributed by atoms with Gasteiger partial charge in [-0.25, -0.2) is 0 Å². The van der Waals surface area contributed by atoms with Gasteiger partial charge in [-0.05, 0) is 47.8 Å². The fourth-order valence-electron chi connectivity index (χ4n) is 3.96. The topological polar surface area (TPSA) is 0 Å². The Balaban J connectivity index is 1.78. The molecule has 0 heterocycles. The van der Waals surface area contributed by atoms with Crippen molar-refractivity contribution in [3.63, 3.8) is 0 Å². The highest BCUT2D eigenvalue weighted by Gasteiger charge is 2.74. The molecule has 0 aromatic rings. The molecule has 2 fully saturated rings. The Morgan fingerprint density at radius 3 is 2.40 bits per heavy atom. The van der Waals surface area contributed by atoms with Gasteiger partial charge in [0, 0.05) is 0 Å². The van der Waals surface area contributed by atoms with Crippen molar-refractivity contribution in [2.24, 2.45) is 28.6 Å². The zero-order chi connectivity index (χ0) is 11.3. The van der Waals surface area contributed by atoms with Crippen LogP contribution in [0.25, 0.3) is 0 Å². The van der Waals surface area contributed by atoms with E-state index in [1.54, 1.807) is 6.42 Å². The number of hydrogen-bond acceptors (Lipinski definition) is 0. The summed E-state index contributed by atoms with van der Waals surface area (Å²) < 4.78 is 0. The monoisotopic (exact) mass is 208 g/mol. The van der Waals surface area contributed by atoms with Crippen LogP contribution in [0.4, 0.5) is 0 Å². The molecule has 2 rings (SSSR count). The summed E-state index contributed by atoms with van der Waals surface area (Å²) >= 11 is 0. The highest BCUT2D eigenvalue weighted by Crippen LogP contribution is 2.80. The molecular weight excluding hydrogens is 180 g/mol. The van der Waals surface area contributed by atoms with Crippen LogP contribution in [-0.4, -0.2) is 0 Å². The van der Waals surface area contributed by atoms with Gasteiger partial charge in [-0.15, -0.1) is 0 Å². The van der Waals surface area contributed by atoms with E-state index in [4.69, 9.17) is 0 Å². The molecule has 0 amide bonds. The summed E-state index contributed by atoms with van der Waals surface area (Å²) in [6.07, 6.45) is 7.37. The molecule has 4 atom stereocenters. The lowest BCUT2D eigenvalue weighted by molar-refractivity contribution is 0.345. The highest BCUT2D eigenvalue weighted by atomic mass is 14.8. The summed E-state index contributed by atoms with van der Waals surface area (Å²) in [5.74, 6) is 3.26. The predicted octanol–water partition coefficient (Wildman–Crippen LogP) is 4.89. The second-order valence-corrected chi connectivity index (χ2v) is 7.30. The molecule has 0 bridgehead atoms. The van der Waals surface area contributed by atoms with Crippen molar-refractivity contribution < 1.29 is 0 Å². The molecule has 0 aromatic heterocycles. The minimum Gasteiger partial charge on any atom is -0.0654 e. The predicted molar refractivity (Wildman–Crippen MR) is 66.8 cm³/mol. The standard InChI is InChI=1S/C15H28/c1-6-7-12-10-15(12)11(2)13(15)8-9-14(3,4)5/h11-13H,6-10H2,1-5H3. The maximum absolute atomic E-state index is 2.50. The molecule has 0 saturated heterocycles. The average molecular weight is 208 g/mol. The SMILES string of the molecule is CCCC1CC12C(C)C2CCC(C)(C)C. The van der Waals surface area contributed by atoms with E-state index in [2.05, 4.69) is 34.6 Å². The molecule has 1 spiro atoms. The average Bonchev–Trinajstić information content (AvgIpc) is 2.91. The molecule has 2 aliphatic carbocycles. The zero-order valence-electron chi connectivity index (χ0n) is 11.3. The van der Waals surface area contributed by atoms with Crippen molar-refractivity contribution in [2.75, 3.05) is 0 Å². The third-order valence-electron chi connectivity index (χ3n) is 5.07. The lowest BCUT2D eigenvalue weighted by Crippen LogP contribution is -2.05. The number of rotatable bonds is 4. The van der Waals surface area contributed by atoms with Gasteiger partial charge in [0.2, 0.25) is 0 Å². The minimum absolute atomic E-state index is 0.540. The second-order valence-electron chi connectivity index (χ2n) is 7.30. The van der Waals surface area contributed by atoms with Gasteiger partial charge in [0.1, 0.15) is 0 Å². The summed E-state index contributed by atoms with van der Waals surface area (Å²) in [6, 6.07) is 0. The van der Waals surface area contributed by atoms with Crippen molar-refractivity contribution in [1.82, 2.24) is 0 Å². The Morgan fingerprint density at radius 1 is 1.20 bits per heavy atom. The third-order valence-corrected chi connectivity index (χ3v) is 5.07. The lowest BCUT2D eigenvalue weighted by atomic mass is 9.89. The van der Waals surface area contributed by atoms with Crippen LogP contribution in [0.2, 0.25) is 0 Å². The van der Waals surface area contributed by atoms with E-state index in [0.29, 0.717) is 5.41 Å². The Kier molecular flexibility index (Phi) is 2.68. The van der Waals surface area contributed by atoms with Gasteiger partial charge in [0.15, 0.2) is 0 Å². The van der Waals surface area contributed by atoms with Crippen molar-refractivity contribution >= 4 is 0 Å². The van der Waals surface area contributed by atoms with E-state index < -0.39 is 0 Å². The van der Waals surface area contributed by atoms with Crippen molar-refractivity contribution in [3.8, 4) is 0 Å². The Morgan fingerprint density at radius 2 is 1.87 bits per heavy atom. The molecule has 0 heteroatoms. The summed E-state index contributed by atoms with van der Waals surface area (Å²) in [6.45, 7) is 12.0. The quantitative estimate of drug-likeness (QED) is 0.617. The van der Waals surface area contributed by atoms with E-state index in [0.717, 1.165) is 23.2 Å². The van der Waals surface area contributed by atoms with Crippen LogP contribution in [0.3, 0.4) is 0 Å². The molecular formula is C15H28. The molecule has 0 nitrogen and oxygen atoms in total. The van der Waals surface area contributed by atoms with E-state index in [1.165, 1.54) is 25.7 Å². The molecule has 0 N–H and O–H groups in total. The Hall–Kier alpha value is 0. The smallest absolute Gasteiger partial charge is 0.0207 e. The molecule has 2 aliphatic rings. The van der Waals surface area contributed by atoms with Crippen LogP contribution in [0.15, 0.2) is 0 Å². The molecule has 0 aromatic carbocycles. The summed E-state index contributed by atoms with van der Waals surface area (Å²) in [5.41, 5.74) is 1.40. The fourth-order valence-corrected chi connectivity index (χ4v) is 3.96. The second kappa shape index (κ2) is 3.50. The molecule has 0 aliphatic heterocycles. The van der Waals surface area contributed by atoms with Crippen LogP contribution < -0.4 is 0 Å². The van der Waals surface area contributed by atoms with Gasteiger partial charge >= 0.3 is 0 Å². The van der Waals surface area contributed by atoms with Gasteiger partial charge in [-0.3, -0.25) is 0 Å². The van der Waals surface area contributed by atoms with Gasteiger partial charge in [0.05, 0.1) is 0 Å². The largest absolute Gasteiger partial charge is 0.0654 e. The normalized spacial score (nSPS) is 43.4. The molecule has 0 radical (unpaired) electrons. The maximum atomic E-state index is 2.50. The van der Waals surface area contributed by atoms with Gasteiger partial charge in [0.25, 0.3) is 0 Å². The first-order chi connectivity index (χ1) is 6.92. The number of hydrogen-bond donors (Lipinski definition) is 0. The summed E-state index contributed by atoms with van der Waals surface area (Å²) in [7, 11) is 0. The Labute approximate surface area is 95.8 Å². The maximum Gasteiger partial charge on any atom is -0.0207 e. The zero-order valence-corrected chi connectivity index (χ0v) is 11.3. The van der Waals surface area contributed by atoms with E-state index in [-0.39, 0.29) is 0 Å². The van der Waals surface area contributed by atoms with Gasteiger partial charge < -0.3 is 0 Å².